The maximum Gasteiger partial charge on any atom is 0.446 e. The van der Waals surface area contributed by atoms with E-state index >= 15 is 0 Å². The minimum atomic E-state index is -5.68. The molecule has 0 aromatic heterocycles. The zero-order valence-electron chi connectivity index (χ0n) is 10.7. The molecule has 4 unspecified atom stereocenters. The van der Waals surface area contributed by atoms with Gasteiger partial charge in [-0.1, -0.05) is 5.04 Å². The Labute approximate surface area is 124 Å². The van der Waals surface area contributed by atoms with Gasteiger partial charge in [0.05, 0.1) is 18.0 Å². The molecule has 4 atom stereocenters. The van der Waals surface area contributed by atoms with E-state index in [4.69, 9.17) is 9.99 Å². The molecule has 0 aromatic carbocycles. The third-order valence-corrected chi connectivity index (χ3v) is 4.15. The number of ether oxygens (including phenoxy) is 2. The molecular weight excluding hydrogens is 340 g/mol. The summed E-state index contributed by atoms with van der Waals surface area (Å²) in [7, 11) is 0. The van der Waals surface area contributed by atoms with Crippen molar-refractivity contribution in [2.75, 3.05) is 0 Å². The Balaban J connectivity index is 2.07. The molecule has 2 bridgehead atoms. The minimum Gasteiger partial charge on any atom is -0.458 e. The van der Waals surface area contributed by atoms with Gasteiger partial charge in [-0.2, -0.15) is 13.2 Å². The molecule has 0 radical (unpaired) electrons. The van der Waals surface area contributed by atoms with Gasteiger partial charge >= 0.3 is 23.1 Å². The number of carbonyl (C=O) groups is 2. The summed E-state index contributed by atoms with van der Waals surface area (Å²) >= 11 is -1.10. The Kier molecular flexibility index (Phi) is 4.84. The summed E-state index contributed by atoms with van der Waals surface area (Å²) in [5, 5.41) is 6.11. The number of hydrogen-bond acceptors (Lipinski definition) is 8. The molecule has 1 saturated heterocycles. The Hall–Kier alpha value is -1.11. The lowest BCUT2D eigenvalue weighted by atomic mass is 9.88. The fraction of sp³-hybridized carbons (Fsp3) is 0.800. The molecule has 12 heteroatoms. The average molecular weight is 350 g/mol. The third kappa shape index (κ3) is 3.14. The summed E-state index contributed by atoms with van der Waals surface area (Å²) in [6, 6.07) is 0. The van der Waals surface area contributed by atoms with Crippen molar-refractivity contribution >= 4 is 24.0 Å². The molecule has 7 nitrogen and oxygen atoms in total. The second-order valence-electron chi connectivity index (χ2n) is 4.75. The van der Waals surface area contributed by atoms with Gasteiger partial charge in [0.25, 0.3) is 0 Å². The van der Waals surface area contributed by atoms with Gasteiger partial charge in [0.15, 0.2) is 0 Å². The van der Waals surface area contributed by atoms with E-state index in [1.54, 1.807) is 0 Å². The highest BCUT2D eigenvalue weighted by molar-refractivity contribution is 7.96. The lowest BCUT2D eigenvalue weighted by Gasteiger charge is -2.29. The van der Waals surface area contributed by atoms with E-state index in [0.29, 0.717) is 0 Å². The van der Waals surface area contributed by atoms with Crippen LogP contribution < -0.4 is 0 Å². The van der Waals surface area contributed by atoms with E-state index in [1.807, 2.05) is 0 Å². The standard InChI is InChI=1S/C10H10F4O7S/c11-9(10(12,13)14,22-21-20-17)8(16)19-5-2-1-4-3-6(5)18-7(4)15/h4-6,17H,1-3H2. The fourth-order valence-corrected chi connectivity index (χ4v) is 2.63. The van der Waals surface area contributed by atoms with Crippen LogP contribution in [0.15, 0.2) is 0 Å². The van der Waals surface area contributed by atoms with Crippen molar-refractivity contribution in [3.8, 4) is 0 Å². The van der Waals surface area contributed by atoms with Gasteiger partial charge in [-0.3, -0.25) is 4.79 Å². The predicted molar refractivity (Wildman–Crippen MR) is 59.4 cm³/mol. The summed E-state index contributed by atoms with van der Waals surface area (Å²) < 4.78 is 64.7. The molecule has 1 saturated carbocycles. The molecule has 126 valence electrons. The average Bonchev–Trinajstić information content (AvgIpc) is 2.74. The second-order valence-corrected chi connectivity index (χ2v) is 5.61. The van der Waals surface area contributed by atoms with Crippen LogP contribution in [-0.4, -0.2) is 40.6 Å². The van der Waals surface area contributed by atoms with Crippen molar-refractivity contribution < 1.29 is 51.3 Å². The van der Waals surface area contributed by atoms with Crippen molar-refractivity contribution in [2.45, 2.75) is 42.6 Å². The lowest BCUT2D eigenvalue weighted by Crippen LogP contribution is -2.49. The Morgan fingerprint density at radius 2 is 2.00 bits per heavy atom. The van der Waals surface area contributed by atoms with Gasteiger partial charge in [0, 0.05) is 6.42 Å². The predicted octanol–water partition coefficient (Wildman–Crippen LogP) is 1.92. The molecule has 0 amide bonds. The van der Waals surface area contributed by atoms with E-state index < -0.39 is 47.4 Å². The number of hydrogen-bond donors (Lipinski definition) is 1. The summed E-state index contributed by atoms with van der Waals surface area (Å²) in [4.78, 5) is 22.8. The van der Waals surface area contributed by atoms with Crippen molar-refractivity contribution in [3.63, 3.8) is 0 Å². The highest BCUT2D eigenvalue weighted by atomic mass is 32.2. The molecule has 1 aliphatic heterocycles. The summed E-state index contributed by atoms with van der Waals surface area (Å²) in [5.41, 5.74) is 0. The zero-order valence-corrected chi connectivity index (χ0v) is 11.5. The summed E-state index contributed by atoms with van der Waals surface area (Å²) in [6.45, 7) is 0. The molecule has 0 spiro atoms. The van der Waals surface area contributed by atoms with Crippen LogP contribution in [0.25, 0.3) is 0 Å². The summed E-state index contributed by atoms with van der Waals surface area (Å²) in [5.74, 6) is -3.18. The van der Waals surface area contributed by atoms with Crippen molar-refractivity contribution in [2.24, 2.45) is 5.92 Å². The highest BCUT2D eigenvalue weighted by Gasteiger charge is 2.66. The normalized spacial score (nSPS) is 30.6. The molecule has 0 aromatic rings. The van der Waals surface area contributed by atoms with Crippen LogP contribution >= 0.6 is 12.0 Å². The topological polar surface area (TPSA) is 91.3 Å². The molecule has 2 fully saturated rings. The monoisotopic (exact) mass is 350 g/mol. The van der Waals surface area contributed by atoms with Crippen LogP contribution in [0.3, 0.4) is 0 Å². The number of rotatable bonds is 5. The van der Waals surface area contributed by atoms with Crippen molar-refractivity contribution in [1.82, 2.24) is 0 Å². The Bertz CT molecular complexity index is 459. The molecule has 22 heavy (non-hydrogen) atoms. The number of carbonyl (C=O) groups excluding carboxylic acids is 2. The van der Waals surface area contributed by atoms with E-state index in [0.717, 1.165) is 0 Å². The first-order valence-corrected chi connectivity index (χ1v) is 6.76. The van der Waals surface area contributed by atoms with Gasteiger partial charge in [-0.15, -0.1) is 4.33 Å². The largest absolute Gasteiger partial charge is 0.458 e. The van der Waals surface area contributed by atoms with Crippen LogP contribution in [-0.2, 0) is 28.4 Å². The van der Waals surface area contributed by atoms with Gasteiger partial charge in [0.2, 0.25) is 0 Å². The van der Waals surface area contributed by atoms with Crippen LogP contribution in [0.4, 0.5) is 17.6 Å². The Morgan fingerprint density at radius 3 is 2.59 bits per heavy atom. The third-order valence-electron chi connectivity index (χ3n) is 3.40. The SMILES string of the molecule is O=C1OC2CC1CCC2OC(=O)C(F)(SOOO)C(F)(F)F. The first-order valence-electron chi connectivity index (χ1n) is 6.02. The van der Waals surface area contributed by atoms with Crippen LogP contribution in [0.5, 0.6) is 0 Å². The fourth-order valence-electron chi connectivity index (χ4n) is 2.29. The zero-order chi connectivity index (χ0) is 16.5. The summed E-state index contributed by atoms with van der Waals surface area (Å²) in [6.07, 6.45) is -7.22. The van der Waals surface area contributed by atoms with E-state index in [1.165, 1.54) is 0 Å². The van der Waals surface area contributed by atoms with Crippen LogP contribution in [0.1, 0.15) is 19.3 Å². The molecule has 1 aliphatic carbocycles. The molecule has 1 N–H and O–H groups in total. The van der Waals surface area contributed by atoms with Crippen LogP contribution in [0.2, 0.25) is 0 Å². The number of esters is 2. The number of alkyl halides is 4. The molecule has 1 heterocycles. The molecular formula is C10H10F4O7S. The lowest BCUT2D eigenvalue weighted by molar-refractivity contribution is -0.433. The first kappa shape index (κ1) is 17.2. The molecule has 2 rings (SSSR count). The van der Waals surface area contributed by atoms with Crippen molar-refractivity contribution in [3.05, 3.63) is 0 Å². The molecule has 2 aliphatic rings. The van der Waals surface area contributed by atoms with Gasteiger partial charge in [0.1, 0.15) is 12.2 Å². The van der Waals surface area contributed by atoms with E-state index in [9.17, 15) is 27.2 Å². The first-order chi connectivity index (χ1) is 10.2. The number of fused-ring (bicyclic) bond motifs is 2. The Morgan fingerprint density at radius 1 is 1.32 bits per heavy atom. The van der Waals surface area contributed by atoms with E-state index in [-0.39, 0.29) is 25.2 Å². The van der Waals surface area contributed by atoms with Crippen molar-refractivity contribution in [1.29, 1.82) is 0 Å². The maximum atomic E-state index is 13.9. The van der Waals surface area contributed by atoms with E-state index in [2.05, 4.69) is 14.1 Å². The minimum absolute atomic E-state index is 0.0722. The quantitative estimate of drug-likeness (QED) is 0.264. The van der Waals surface area contributed by atoms with Gasteiger partial charge in [-0.05, 0) is 12.8 Å². The van der Waals surface area contributed by atoms with Crippen LogP contribution in [0, 0.1) is 5.92 Å². The smallest absolute Gasteiger partial charge is 0.446 e. The maximum absolute atomic E-state index is 13.9. The van der Waals surface area contributed by atoms with Gasteiger partial charge in [-0.25, -0.2) is 14.4 Å². The highest BCUT2D eigenvalue weighted by Crippen LogP contribution is 2.45. The number of halogens is 4. The second kappa shape index (κ2) is 6.18. The van der Waals surface area contributed by atoms with Gasteiger partial charge < -0.3 is 9.47 Å².